The van der Waals surface area contributed by atoms with E-state index in [0.29, 0.717) is 37.2 Å². The number of sulfonamides is 1. The van der Waals surface area contributed by atoms with E-state index in [4.69, 9.17) is 14.2 Å². The number of esters is 1. The summed E-state index contributed by atoms with van der Waals surface area (Å²) in [7, 11) is -2.98. The van der Waals surface area contributed by atoms with Crippen LogP contribution >= 0.6 is 0 Å². The average Bonchev–Trinajstić information content (AvgIpc) is 3.47. The topological polar surface area (TPSA) is 103 Å². The summed E-state index contributed by atoms with van der Waals surface area (Å²) >= 11 is 0. The van der Waals surface area contributed by atoms with Gasteiger partial charge in [0, 0.05) is 18.0 Å². The predicted molar refractivity (Wildman–Crippen MR) is 127 cm³/mol. The smallest absolute Gasteiger partial charge is 0.343 e. The molecule has 2 heterocycles. The molecule has 2 N–H and O–H groups in total. The lowest BCUT2D eigenvalue weighted by Gasteiger charge is -2.24. The molecule has 1 aliphatic carbocycles. The van der Waals surface area contributed by atoms with E-state index >= 15 is 0 Å². The summed E-state index contributed by atoms with van der Waals surface area (Å²) in [5.74, 6) is -0.149. The van der Waals surface area contributed by atoms with E-state index in [2.05, 4.69) is 10.0 Å². The molecule has 3 aliphatic rings. The standard InChI is InChI=1S/C25H29FN2O6S/c1-3-21(34-16-8-9-27-12-16)19-11-15(26)4-7-22(19)35(30,31)28-20-6-5-17-18-10-14(18)13-33-24(17)23(20)25(29)32-2/h4-7,11,14,16,18,21,27-28H,3,8-10,12-13H2,1-2H3/t14-,16?,18-,21+/m0/s1. The minimum atomic E-state index is -4.22. The van der Waals surface area contributed by atoms with E-state index in [1.54, 1.807) is 12.1 Å². The number of fused-ring (bicyclic) bond motifs is 3. The van der Waals surface area contributed by atoms with Gasteiger partial charge >= 0.3 is 5.97 Å². The van der Waals surface area contributed by atoms with Gasteiger partial charge < -0.3 is 19.5 Å². The van der Waals surface area contributed by atoms with Crippen molar-refractivity contribution in [3.8, 4) is 5.75 Å². The molecule has 0 spiro atoms. The number of nitrogens with one attached hydrogen (secondary N) is 2. The van der Waals surface area contributed by atoms with Crippen molar-refractivity contribution < 1.29 is 31.8 Å². The lowest BCUT2D eigenvalue weighted by atomic mass is 10.0. The number of carbonyl (C=O) groups excluding carboxylic acids is 1. The van der Waals surface area contributed by atoms with Crippen LogP contribution in [0.15, 0.2) is 35.2 Å². The fourth-order valence-electron chi connectivity index (χ4n) is 5.02. The van der Waals surface area contributed by atoms with Crippen LogP contribution in [0.25, 0.3) is 0 Å². The van der Waals surface area contributed by atoms with E-state index in [9.17, 15) is 17.6 Å². The molecular weight excluding hydrogens is 475 g/mol. The van der Waals surface area contributed by atoms with Gasteiger partial charge in [0.25, 0.3) is 10.0 Å². The van der Waals surface area contributed by atoms with Gasteiger partial charge in [0.05, 0.1) is 36.5 Å². The summed E-state index contributed by atoms with van der Waals surface area (Å²) in [5.41, 5.74) is 1.22. The molecule has 0 bridgehead atoms. The molecular formula is C25H29FN2O6S. The number of carbonyl (C=O) groups is 1. The zero-order valence-corrected chi connectivity index (χ0v) is 20.5. The Morgan fingerprint density at radius 3 is 2.86 bits per heavy atom. The molecule has 2 aromatic rings. The van der Waals surface area contributed by atoms with Crippen LogP contribution in [0.2, 0.25) is 0 Å². The van der Waals surface area contributed by atoms with E-state index < -0.39 is 27.9 Å². The maximum atomic E-state index is 14.3. The number of hydrogen-bond acceptors (Lipinski definition) is 7. The summed E-state index contributed by atoms with van der Waals surface area (Å²) in [6.07, 6.45) is 1.55. The molecule has 1 unspecified atom stereocenters. The first-order valence-electron chi connectivity index (χ1n) is 11.9. The number of ether oxygens (including phenoxy) is 3. The van der Waals surface area contributed by atoms with E-state index in [0.717, 1.165) is 31.0 Å². The summed E-state index contributed by atoms with van der Waals surface area (Å²) < 4.78 is 60.9. The third-order valence-electron chi connectivity index (χ3n) is 6.94. The van der Waals surface area contributed by atoms with Gasteiger partial charge in [-0.25, -0.2) is 17.6 Å². The highest BCUT2D eigenvalue weighted by atomic mass is 32.2. The van der Waals surface area contributed by atoms with Gasteiger partial charge in [-0.1, -0.05) is 13.0 Å². The third-order valence-corrected chi connectivity index (χ3v) is 8.38. The molecule has 8 nitrogen and oxygen atoms in total. The second-order valence-electron chi connectivity index (χ2n) is 9.25. The molecule has 1 saturated carbocycles. The van der Waals surface area contributed by atoms with Crippen LogP contribution in [0.5, 0.6) is 5.75 Å². The van der Waals surface area contributed by atoms with E-state index in [-0.39, 0.29) is 27.8 Å². The van der Waals surface area contributed by atoms with E-state index in [1.165, 1.54) is 19.2 Å². The Hall–Kier alpha value is -2.69. The lowest BCUT2D eigenvalue weighted by molar-refractivity contribution is -0.00610. The van der Waals surface area contributed by atoms with Gasteiger partial charge in [-0.05, 0) is 61.6 Å². The number of anilines is 1. The van der Waals surface area contributed by atoms with Gasteiger partial charge in [-0.15, -0.1) is 0 Å². The molecule has 4 atom stereocenters. The fraction of sp³-hybridized carbons (Fsp3) is 0.480. The van der Waals surface area contributed by atoms with Crippen molar-refractivity contribution in [3.63, 3.8) is 0 Å². The van der Waals surface area contributed by atoms with Crippen LogP contribution in [0.4, 0.5) is 10.1 Å². The van der Waals surface area contributed by atoms with Gasteiger partial charge in [0.1, 0.15) is 17.1 Å². The molecule has 0 aromatic heterocycles. The van der Waals surface area contributed by atoms with Gasteiger partial charge in [0.15, 0.2) is 0 Å². The highest BCUT2D eigenvalue weighted by Crippen LogP contribution is 2.55. The Balaban J connectivity index is 1.52. The Bertz CT molecular complexity index is 1240. The Morgan fingerprint density at radius 2 is 2.14 bits per heavy atom. The van der Waals surface area contributed by atoms with Crippen LogP contribution in [0.3, 0.4) is 0 Å². The molecule has 35 heavy (non-hydrogen) atoms. The van der Waals surface area contributed by atoms with Crippen LogP contribution in [0, 0.1) is 11.7 Å². The van der Waals surface area contributed by atoms with Crippen molar-refractivity contribution in [2.75, 3.05) is 31.5 Å². The first kappa shape index (κ1) is 24.0. The number of halogens is 1. The summed E-state index contributed by atoms with van der Waals surface area (Å²) in [4.78, 5) is 12.6. The van der Waals surface area contributed by atoms with E-state index in [1.807, 2.05) is 6.92 Å². The predicted octanol–water partition coefficient (Wildman–Crippen LogP) is 3.74. The Labute approximate surface area is 204 Å². The van der Waals surface area contributed by atoms with Crippen molar-refractivity contribution in [3.05, 3.63) is 52.8 Å². The minimum Gasteiger partial charge on any atom is -0.492 e. The maximum absolute atomic E-state index is 14.3. The monoisotopic (exact) mass is 504 g/mol. The van der Waals surface area contributed by atoms with Crippen molar-refractivity contribution >= 4 is 21.7 Å². The van der Waals surface area contributed by atoms with Crippen LogP contribution in [-0.2, 0) is 19.5 Å². The second kappa shape index (κ2) is 9.40. The minimum absolute atomic E-state index is 0.0444. The summed E-state index contributed by atoms with van der Waals surface area (Å²) in [6.45, 7) is 3.81. The van der Waals surface area contributed by atoms with Crippen LogP contribution < -0.4 is 14.8 Å². The number of rotatable bonds is 8. The fourth-order valence-corrected chi connectivity index (χ4v) is 6.34. The van der Waals surface area contributed by atoms with Crippen molar-refractivity contribution in [1.82, 2.24) is 5.32 Å². The number of benzene rings is 2. The molecule has 0 amide bonds. The van der Waals surface area contributed by atoms with Crippen LogP contribution in [0.1, 0.15) is 59.7 Å². The third kappa shape index (κ3) is 4.62. The number of methoxy groups -OCH3 is 1. The Kier molecular flexibility index (Phi) is 6.45. The first-order valence-corrected chi connectivity index (χ1v) is 13.4. The zero-order chi connectivity index (χ0) is 24.7. The maximum Gasteiger partial charge on any atom is 0.343 e. The molecule has 2 aliphatic heterocycles. The highest BCUT2D eigenvalue weighted by molar-refractivity contribution is 7.92. The zero-order valence-electron chi connectivity index (χ0n) is 19.7. The van der Waals surface area contributed by atoms with Crippen molar-refractivity contribution in [2.45, 2.75) is 49.2 Å². The van der Waals surface area contributed by atoms with Gasteiger partial charge in [-0.2, -0.15) is 0 Å². The average molecular weight is 505 g/mol. The summed E-state index contributed by atoms with van der Waals surface area (Å²) in [5, 5.41) is 3.21. The van der Waals surface area contributed by atoms with Crippen LogP contribution in [-0.4, -0.2) is 47.3 Å². The first-order chi connectivity index (χ1) is 16.8. The molecule has 5 rings (SSSR count). The highest BCUT2D eigenvalue weighted by Gasteiger charge is 2.45. The normalized spacial score (nSPS) is 23.6. The van der Waals surface area contributed by atoms with Gasteiger partial charge in [-0.3, -0.25) is 4.72 Å². The van der Waals surface area contributed by atoms with Gasteiger partial charge in [0.2, 0.25) is 0 Å². The lowest BCUT2D eigenvalue weighted by Crippen LogP contribution is -2.23. The molecule has 2 aromatic carbocycles. The van der Waals surface area contributed by atoms with Crippen molar-refractivity contribution in [1.29, 1.82) is 0 Å². The number of hydrogen-bond donors (Lipinski definition) is 2. The SMILES string of the molecule is CC[C@@H](OC1CCNC1)c1cc(F)ccc1S(=O)(=O)Nc1ccc2c(c1C(=O)OC)OC[C@@H]1C[C@H]21. The second-order valence-corrected chi connectivity index (χ2v) is 10.9. The molecule has 2 fully saturated rings. The summed E-state index contributed by atoms with van der Waals surface area (Å²) in [6, 6.07) is 6.89. The molecule has 188 valence electrons. The quantitative estimate of drug-likeness (QED) is 0.528. The Morgan fingerprint density at radius 1 is 1.31 bits per heavy atom. The van der Waals surface area contributed by atoms with Crippen molar-refractivity contribution in [2.24, 2.45) is 5.92 Å². The molecule has 0 radical (unpaired) electrons. The molecule has 10 heteroatoms. The largest absolute Gasteiger partial charge is 0.492 e. The molecule has 1 saturated heterocycles.